The molecule has 0 saturated carbocycles. The first-order valence-electron chi connectivity index (χ1n) is 6.20. The van der Waals surface area contributed by atoms with Crippen molar-refractivity contribution in [2.75, 3.05) is 18.1 Å². The van der Waals surface area contributed by atoms with Crippen molar-refractivity contribution >= 4 is 16.7 Å². The van der Waals surface area contributed by atoms with Gasteiger partial charge in [0.05, 0.1) is 30.2 Å². The molecular formula is C13H17N3O. The zero-order chi connectivity index (χ0) is 11.7. The Morgan fingerprint density at radius 3 is 3.24 bits per heavy atom. The van der Waals surface area contributed by atoms with Crippen LogP contribution in [0.1, 0.15) is 19.3 Å². The standard InChI is InChI=1S/C13H17N3O/c17-8-10-4-1-2-7-16(10)12-6-3-5-11-13(12)15-9-14-11/h3,5-6,9-10,17H,1-2,4,7-8H2,(H,14,15)/t10-/m1/s1. The highest BCUT2D eigenvalue weighted by Crippen LogP contribution is 2.29. The minimum Gasteiger partial charge on any atom is -0.394 e. The van der Waals surface area contributed by atoms with Crippen LogP contribution in [-0.4, -0.2) is 34.3 Å². The first-order chi connectivity index (χ1) is 8.40. The molecule has 0 unspecified atom stereocenters. The molecule has 0 spiro atoms. The Balaban J connectivity index is 2.04. The quantitative estimate of drug-likeness (QED) is 0.830. The molecule has 90 valence electrons. The number of para-hydroxylation sites is 1. The number of hydrogen-bond donors (Lipinski definition) is 2. The van der Waals surface area contributed by atoms with Crippen LogP contribution < -0.4 is 4.90 Å². The Bertz CT molecular complexity index is 508. The van der Waals surface area contributed by atoms with Gasteiger partial charge >= 0.3 is 0 Å². The third kappa shape index (κ3) is 1.78. The van der Waals surface area contributed by atoms with Crippen LogP contribution in [-0.2, 0) is 0 Å². The number of aromatic nitrogens is 2. The van der Waals surface area contributed by atoms with E-state index in [1.165, 1.54) is 12.8 Å². The molecule has 1 fully saturated rings. The van der Waals surface area contributed by atoms with Gasteiger partial charge < -0.3 is 15.0 Å². The highest BCUT2D eigenvalue weighted by atomic mass is 16.3. The van der Waals surface area contributed by atoms with Gasteiger partial charge in [-0.2, -0.15) is 0 Å². The predicted molar refractivity (Wildman–Crippen MR) is 68.2 cm³/mol. The van der Waals surface area contributed by atoms with Crippen LogP contribution in [0.15, 0.2) is 24.5 Å². The van der Waals surface area contributed by atoms with Crippen LogP contribution in [0, 0.1) is 0 Å². The maximum atomic E-state index is 9.48. The minimum atomic E-state index is 0.223. The Labute approximate surface area is 100 Å². The molecule has 1 saturated heterocycles. The van der Waals surface area contributed by atoms with Crippen LogP contribution in [0.3, 0.4) is 0 Å². The number of fused-ring (bicyclic) bond motifs is 1. The van der Waals surface area contributed by atoms with Crippen LogP contribution in [0.4, 0.5) is 5.69 Å². The van der Waals surface area contributed by atoms with Crippen molar-refractivity contribution in [2.45, 2.75) is 25.3 Å². The van der Waals surface area contributed by atoms with E-state index in [1.54, 1.807) is 6.33 Å². The maximum absolute atomic E-state index is 9.48. The Morgan fingerprint density at radius 1 is 1.41 bits per heavy atom. The lowest BCUT2D eigenvalue weighted by molar-refractivity contribution is 0.240. The molecule has 1 aromatic carbocycles. The van der Waals surface area contributed by atoms with Gasteiger partial charge in [0.2, 0.25) is 0 Å². The molecule has 0 amide bonds. The third-order valence-electron chi connectivity index (χ3n) is 3.58. The van der Waals surface area contributed by atoms with Gasteiger partial charge in [0.1, 0.15) is 5.52 Å². The maximum Gasteiger partial charge on any atom is 0.112 e. The van der Waals surface area contributed by atoms with E-state index in [0.29, 0.717) is 0 Å². The van der Waals surface area contributed by atoms with Gasteiger partial charge in [0.15, 0.2) is 0 Å². The number of piperidine rings is 1. The number of nitrogens with zero attached hydrogens (tertiary/aromatic N) is 2. The lowest BCUT2D eigenvalue weighted by Gasteiger charge is -2.36. The molecule has 0 aliphatic carbocycles. The summed E-state index contributed by atoms with van der Waals surface area (Å²) >= 11 is 0. The zero-order valence-electron chi connectivity index (χ0n) is 9.76. The highest BCUT2D eigenvalue weighted by Gasteiger charge is 2.23. The molecule has 1 atom stereocenters. The average Bonchev–Trinajstić information content (AvgIpc) is 2.86. The van der Waals surface area contributed by atoms with Crippen molar-refractivity contribution in [3.05, 3.63) is 24.5 Å². The fourth-order valence-corrected chi connectivity index (χ4v) is 2.69. The lowest BCUT2D eigenvalue weighted by atomic mass is 10.0. The molecular weight excluding hydrogens is 214 g/mol. The first-order valence-corrected chi connectivity index (χ1v) is 6.20. The van der Waals surface area contributed by atoms with E-state index in [4.69, 9.17) is 0 Å². The van der Waals surface area contributed by atoms with Gasteiger partial charge in [-0.15, -0.1) is 0 Å². The van der Waals surface area contributed by atoms with Gasteiger partial charge in [-0.1, -0.05) is 6.07 Å². The second-order valence-electron chi connectivity index (χ2n) is 4.60. The SMILES string of the molecule is OC[C@H]1CCCCN1c1cccc2[nH]cnc12. The van der Waals surface area contributed by atoms with Crippen molar-refractivity contribution in [1.29, 1.82) is 0 Å². The Hall–Kier alpha value is -1.55. The number of benzene rings is 1. The lowest BCUT2D eigenvalue weighted by Crippen LogP contribution is -2.42. The molecule has 1 aliphatic heterocycles. The summed E-state index contributed by atoms with van der Waals surface area (Å²) in [5.41, 5.74) is 3.21. The minimum absolute atomic E-state index is 0.223. The smallest absolute Gasteiger partial charge is 0.112 e. The molecule has 0 bridgehead atoms. The number of rotatable bonds is 2. The van der Waals surface area contributed by atoms with Crippen molar-refractivity contribution in [3.8, 4) is 0 Å². The summed E-state index contributed by atoms with van der Waals surface area (Å²) in [6, 6.07) is 6.41. The second kappa shape index (κ2) is 4.37. The number of aromatic amines is 1. The molecule has 3 rings (SSSR count). The Kier molecular flexibility index (Phi) is 2.73. The van der Waals surface area contributed by atoms with E-state index in [1.807, 2.05) is 12.1 Å². The Morgan fingerprint density at radius 2 is 2.35 bits per heavy atom. The molecule has 1 aromatic heterocycles. The van der Waals surface area contributed by atoms with Crippen molar-refractivity contribution in [1.82, 2.24) is 9.97 Å². The molecule has 2 N–H and O–H groups in total. The number of anilines is 1. The van der Waals surface area contributed by atoms with Crippen LogP contribution in [0.2, 0.25) is 0 Å². The number of aliphatic hydroxyl groups excluding tert-OH is 1. The molecule has 17 heavy (non-hydrogen) atoms. The number of H-pyrrole nitrogens is 1. The van der Waals surface area contributed by atoms with E-state index in [0.717, 1.165) is 29.7 Å². The molecule has 2 aromatic rings. The number of imidazole rings is 1. The number of hydrogen-bond acceptors (Lipinski definition) is 3. The van der Waals surface area contributed by atoms with Crippen LogP contribution in [0.25, 0.3) is 11.0 Å². The van der Waals surface area contributed by atoms with E-state index in [2.05, 4.69) is 20.9 Å². The van der Waals surface area contributed by atoms with Crippen LogP contribution in [0.5, 0.6) is 0 Å². The normalized spacial score (nSPS) is 21.0. The van der Waals surface area contributed by atoms with E-state index in [-0.39, 0.29) is 12.6 Å². The zero-order valence-corrected chi connectivity index (χ0v) is 9.76. The van der Waals surface area contributed by atoms with Gasteiger partial charge in [-0.25, -0.2) is 4.98 Å². The molecule has 1 aliphatic rings. The highest BCUT2D eigenvalue weighted by molar-refractivity contribution is 5.88. The van der Waals surface area contributed by atoms with Gasteiger partial charge in [0.25, 0.3) is 0 Å². The van der Waals surface area contributed by atoms with E-state index in [9.17, 15) is 5.11 Å². The fraction of sp³-hybridized carbons (Fsp3) is 0.462. The summed E-state index contributed by atoms with van der Waals surface area (Å²) in [5.74, 6) is 0. The molecule has 4 nitrogen and oxygen atoms in total. The van der Waals surface area contributed by atoms with Crippen molar-refractivity contribution < 1.29 is 5.11 Å². The summed E-state index contributed by atoms with van der Waals surface area (Å²) in [5, 5.41) is 9.48. The molecule has 0 radical (unpaired) electrons. The van der Waals surface area contributed by atoms with Crippen LogP contribution >= 0.6 is 0 Å². The third-order valence-corrected chi connectivity index (χ3v) is 3.58. The number of aliphatic hydroxyl groups is 1. The average molecular weight is 231 g/mol. The molecule has 4 heteroatoms. The summed E-state index contributed by atoms with van der Waals surface area (Å²) in [4.78, 5) is 9.81. The molecule has 2 heterocycles. The number of nitrogens with one attached hydrogen (secondary N) is 1. The second-order valence-corrected chi connectivity index (χ2v) is 4.60. The van der Waals surface area contributed by atoms with Crippen molar-refractivity contribution in [3.63, 3.8) is 0 Å². The summed E-state index contributed by atoms with van der Waals surface area (Å²) in [6.07, 6.45) is 5.19. The monoisotopic (exact) mass is 231 g/mol. The van der Waals surface area contributed by atoms with E-state index < -0.39 is 0 Å². The summed E-state index contributed by atoms with van der Waals surface area (Å²) in [7, 11) is 0. The topological polar surface area (TPSA) is 52.1 Å². The van der Waals surface area contributed by atoms with Crippen molar-refractivity contribution in [2.24, 2.45) is 0 Å². The van der Waals surface area contributed by atoms with Gasteiger partial charge in [-0.05, 0) is 31.4 Å². The largest absolute Gasteiger partial charge is 0.394 e. The van der Waals surface area contributed by atoms with Gasteiger partial charge in [-0.3, -0.25) is 0 Å². The van der Waals surface area contributed by atoms with Gasteiger partial charge in [0, 0.05) is 6.54 Å². The van der Waals surface area contributed by atoms with E-state index >= 15 is 0 Å². The first kappa shape index (κ1) is 10.6. The predicted octanol–water partition coefficient (Wildman–Crippen LogP) is 1.91. The fourth-order valence-electron chi connectivity index (χ4n) is 2.69. The summed E-state index contributed by atoms with van der Waals surface area (Å²) in [6.45, 7) is 1.23. The summed E-state index contributed by atoms with van der Waals surface area (Å²) < 4.78 is 0.